The Hall–Kier alpha value is -0.653. The second kappa shape index (κ2) is 3.98. The summed E-state index contributed by atoms with van der Waals surface area (Å²) in [4.78, 5) is 11.5. The van der Waals surface area contributed by atoms with Crippen LogP contribution in [0.4, 0.5) is 0 Å². The first kappa shape index (κ1) is 13.4. The van der Waals surface area contributed by atoms with Crippen molar-refractivity contribution in [3.8, 4) is 0 Å². The average molecular weight is 244 g/mol. The number of carbonyl (C=O) groups is 1. The van der Waals surface area contributed by atoms with E-state index < -0.39 is 26.3 Å². The lowest BCUT2D eigenvalue weighted by Gasteiger charge is -2.36. The first-order chi connectivity index (χ1) is 7.06. The van der Waals surface area contributed by atoms with Gasteiger partial charge in [0, 0.05) is 0 Å². The highest BCUT2D eigenvalue weighted by Crippen LogP contribution is 2.38. The maximum absolute atomic E-state index is 11.5. The molecule has 16 heavy (non-hydrogen) atoms. The molecule has 0 unspecified atom stereocenters. The van der Waals surface area contributed by atoms with Crippen LogP contribution in [0.5, 0.6) is 0 Å². The van der Waals surface area contributed by atoms with Gasteiger partial charge in [0.25, 0.3) is 8.32 Å². The molecule has 2 N–H and O–H groups in total. The van der Waals surface area contributed by atoms with Crippen LogP contribution in [-0.4, -0.2) is 36.5 Å². The molecule has 0 radical (unpaired) electrons. The molecule has 0 aromatic rings. The molecule has 0 aromatic carbocycles. The Bertz CT molecular complexity index is 327. The molecule has 0 heterocycles. The molecule has 0 saturated heterocycles. The van der Waals surface area contributed by atoms with Gasteiger partial charge < -0.3 is 14.6 Å². The lowest BCUT2D eigenvalue weighted by Crippen LogP contribution is -2.41. The number of rotatable bonds is 2. The van der Waals surface area contributed by atoms with Crippen LogP contribution in [0.1, 0.15) is 20.8 Å². The minimum atomic E-state index is -2.08. The van der Waals surface area contributed by atoms with Crippen molar-refractivity contribution < 1.29 is 19.4 Å². The Morgan fingerprint density at radius 1 is 1.31 bits per heavy atom. The lowest BCUT2D eigenvalue weighted by atomic mass is 10.2. The van der Waals surface area contributed by atoms with Crippen molar-refractivity contribution in [1.82, 2.24) is 0 Å². The Balaban J connectivity index is 2.84. The van der Waals surface area contributed by atoms with Crippen molar-refractivity contribution in [3.05, 3.63) is 11.8 Å². The summed E-state index contributed by atoms with van der Waals surface area (Å²) in [5.41, 5.74) is 0. The Morgan fingerprint density at radius 3 is 2.12 bits per heavy atom. The highest BCUT2D eigenvalue weighted by molar-refractivity contribution is 6.74. The smallest absolute Gasteiger partial charge is 0.250 e. The fraction of sp³-hybridized carbons (Fsp3) is 0.727. The molecule has 0 aromatic heterocycles. The van der Waals surface area contributed by atoms with E-state index in [9.17, 15) is 15.0 Å². The molecule has 0 bridgehead atoms. The average Bonchev–Trinajstić information content (AvgIpc) is 2.31. The van der Waals surface area contributed by atoms with Crippen LogP contribution in [0.25, 0.3) is 0 Å². The van der Waals surface area contributed by atoms with Gasteiger partial charge in [0.1, 0.15) is 18.0 Å². The van der Waals surface area contributed by atoms with Gasteiger partial charge in [-0.25, -0.2) is 0 Å². The molecule has 0 fully saturated rings. The summed E-state index contributed by atoms with van der Waals surface area (Å²) in [5.74, 6) is -0.399. The minimum absolute atomic E-state index is 0.0212. The van der Waals surface area contributed by atoms with Crippen molar-refractivity contribution in [2.45, 2.75) is 51.1 Å². The maximum atomic E-state index is 11.5. The normalized spacial score (nSPS) is 26.9. The standard InChI is InChI=1S/C11H20O4Si/c1-11(2,3)16(4,5)15-8-6-7(12)9(13)10(8)14/h6-7,9,12-13H,1-5H3/t7-,9+/m0/s1. The van der Waals surface area contributed by atoms with E-state index >= 15 is 0 Å². The Morgan fingerprint density at radius 2 is 1.81 bits per heavy atom. The SMILES string of the molecule is CC(C)(C)[Si](C)(C)OC1=C[C@H](O)[C@@H](O)C1=O. The van der Waals surface area contributed by atoms with E-state index in [4.69, 9.17) is 4.43 Å². The molecule has 1 aliphatic rings. The van der Waals surface area contributed by atoms with E-state index in [2.05, 4.69) is 20.8 Å². The fourth-order valence-corrected chi connectivity index (χ4v) is 2.17. The second-order valence-corrected chi connectivity index (χ2v) is 10.4. The quantitative estimate of drug-likeness (QED) is 0.716. The van der Waals surface area contributed by atoms with Gasteiger partial charge in [0.15, 0.2) is 0 Å². The van der Waals surface area contributed by atoms with Gasteiger partial charge in [-0.05, 0) is 24.2 Å². The minimum Gasteiger partial charge on any atom is -0.541 e. The topological polar surface area (TPSA) is 66.8 Å². The van der Waals surface area contributed by atoms with Crippen LogP contribution in [0.3, 0.4) is 0 Å². The van der Waals surface area contributed by atoms with E-state index in [0.29, 0.717) is 0 Å². The van der Waals surface area contributed by atoms with Crippen LogP contribution in [0, 0.1) is 0 Å². The summed E-state index contributed by atoms with van der Waals surface area (Å²) in [5, 5.41) is 18.6. The van der Waals surface area contributed by atoms with E-state index in [1.165, 1.54) is 6.08 Å². The first-order valence-electron chi connectivity index (χ1n) is 5.37. The van der Waals surface area contributed by atoms with Crippen LogP contribution in [0.15, 0.2) is 11.8 Å². The van der Waals surface area contributed by atoms with Crippen LogP contribution in [0.2, 0.25) is 18.1 Å². The van der Waals surface area contributed by atoms with Gasteiger partial charge in [-0.1, -0.05) is 20.8 Å². The molecule has 0 spiro atoms. The monoisotopic (exact) mass is 244 g/mol. The van der Waals surface area contributed by atoms with Crippen molar-refractivity contribution >= 4 is 14.1 Å². The molecule has 2 atom stereocenters. The summed E-state index contributed by atoms with van der Waals surface area (Å²) in [7, 11) is -2.08. The van der Waals surface area contributed by atoms with E-state index in [1.54, 1.807) is 0 Å². The third-order valence-corrected chi connectivity index (χ3v) is 7.67. The first-order valence-corrected chi connectivity index (χ1v) is 8.28. The highest BCUT2D eigenvalue weighted by Gasteiger charge is 2.43. The fourth-order valence-electron chi connectivity index (χ4n) is 1.14. The van der Waals surface area contributed by atoms with Gasteiger partial charge in [0.05, 0.1) is 0 Å². The van der Waals surface area contributed by atoms with E-state index in [0.717, 1.165) is 0 Å². The molecule has 1 aliphatic carbocycles. The number of hydrogen-bond acceptors (Lipinski definition) is 4. The molecule has 1 rings (SSSR count). The second-order valence-electron chi connectivity index (χ2n) is 5.69. The predicted octanol–water partition coefficient (Wildman–Crippen LogP) is 1.20. The predicted molar refractivity (Wildman–Crippen MR) is 63.4 cm³/mol. The van der Waals surface area contributed by atoms with Gasteiger partial charge >= 0.3 is 0 Å². The zero-order valence-electron chi connectivity index (χ0n) is 10.4. The molecule has 0 amide bonds. The molecule has 92 valence electrons. The van der Waals surface area contributed by atoms with Crippen molar-refractivity contribution in [2.24, 2.45) is 0 Å². The summed E-state index contributed by atoms with van der Waals surface area (Å²) >= 11 is 0. The number of ketones is 1. The molecule has 4 nitrogen and oxygen atoms in total. The summed E-state index contributed by atoms with van der Waals surface area (Å²) in [6.07, 6.45) is -1.19. The van der Waals surface area contributed by atoms with E-state index in [-0.39, 0.29) is 10.8 Å². The van der Waals surface area contributed by atoms with Gasteiger partial charge in [0.2, 0.25) is 5.78 Å². The van der Waals surface area contributed by atoms with Crippen LogP contribution in [-0.2, 0) is 9.22 Å². The van der Waals surface area contributed by atoms with Crippen LogP contribution < -0.4 is 0 Å². The zero-order chi connectivity index (χ0) is 12.7. The summed E-state index contributed by atoms with van der Waals surface area (Å²) < 4.78 is 5.75. The zero-order valence-corrected chi connectivity index (χ0v) is 11.4. The van der Waals surface area contributed by atoms with Gasteiger partial charge in [-0.3, -0.25) is 4.79 Å². The number of aliphatic hydroxyl groups excluding tert-OH is 2. The molecule has 5 heteroatoms. The number of carbonyl (C=O) groups excluding carboxylic acids is 1. The maximum Gasteiger partial charge on any atom is 0.250 e. The number of aliphatic hydroxyl groups is 2. The third-order valence-electron chi connectivity index (χ3n) is 3.33. The van der Waals surface area contributed by atoms with Gasteiger partial charge in [-0.15, -0.1) is 0 Å². The van der Waals surface area contributed by atoms with E-state index in [1.807, 2.05) is 13.1 Å². The Kier molecular flexibility index (Phi) is 3.33. The van der Waals surface area contributed by atoms with Crippen molar-refractivity contribution in [3.63, 3.8) is 0 Å². The number of Topliss-reactive ketones (excluding diaryl/α,β-unsaturated/α-hetero) is 1. The molecule has 0 saturated carbocycles. The largest absolute Gasteiger partial charge is 0.541 e. The highest BCUT2D eigenvalue weighted by atomic mass is 28.4. The number of hydrogen-bond donors (Lipinski definition) is 2. The summed E-state index contributed by atoms with van der Waals surface area (Å²) in [6.45, 7) is 10.2. The van der Waals surface area contributed by atoms with Crippen molar-refractivity contribution in [1.29, 1.82) is 0 Å². The Labute approximate surface area is 97.1 Å². The van der Waals surface area contributed by atoms with Crippen LogP contribution >= 0.6 is 0 Å². The molecule has 0 aliphatic heterocycles. The third kappa shape index (κ3) is 2.36. The molecular formula is C11H20O4Si. The van der Waals surface area contributed by atoms with Crippen molar-refractivity contribution in [2.75, 3.05) is 0 Å². The van der Waals surface area contributed by atoms with Gasteiger partial charge in [-0.2, -0.15) is 0 Å². The molecular weight excluding hydrogens is 224 g/mol. The summed E-state index contributed by atoms with van der Waals surface area (Å²) in [6, 6.07) is 0. The lowest BCUT2D eigenvalue weighted by molar-refractivity contribution is -0.127.